The molecule has 0 aliphatic carbocycles. The maximum atomic E-state index is 12.7. The molecule has 1 aromatic heterocycles. The monoisotopic (exact) mass is 343 g/mol. The number of imidazole rings is 1. The molecule has 1 aliphatic rings. The summed E-state index contributed by atoms with van der Waals surface area (Å²) in [6, 6.07) is 5.08. The number of rotatable bonds is 1. The first-order valence-corrected chi connectivity index (χ1v) is 7.32. The average Bonchev–Trinajstić information content (AvgIpc) is 2.89. The lowest BCUT2D eigenvalue weighted by molar-refractivity contribution is -0.141. The molecular formula is C15H13ClF3N3O. The Morgan fingerprint density at radius 3 is 2.70 bits per heavy atom. The highest BCUT2D eigenvalue weighted by Crippen LogP contribution is 2.30. The maximum Gasteiger partial charge on any atom is 0.434 e. The zero-order chi connectivity index (χ0) is 16.8. The topological polar surface area (TPSA) is 38.1 Å². The number of alkyl halides is 3. The third-order valence-corrected chi connectivity index (χ3v) is 4.05. The maximum absolute atomic E-state index is 12.7. The average molecular weight is 344 g/mol. The van der Waals surface area contributed by atoms with Crippen LogP contribution in [0, 0.1) is 6.92 Å². The van der Waals surface area contributed by atoms with Gasteiger partial charge in [0.25, 0.3) is 5.91 Å². The Morgan fingerprint density at radius 1 is 1.30 bits per heavy atom. The minimum atomic E-state index is -4.49. The van der Waals surface area contributed by atoms with Crippen LogP contribution in [0.5, 0.6) is 0 Å². The lowest BCUT2D eigenvalue weighted by Gasteiger charge is -2.28. The van der Waals surface area contributed by atoms with E-state index in [0.29, 0.717) is 17.1 Å². The first kappa shape index (κ1) is 15.9. The van der Waals surface area contributed by atoms with E-state index >= 15 is 0 Å². The summed E-state index contributed by atoms with van der Waals surface area (Å²) in [6.45, 7) is 2.47. The summed E-state index contributed by atoms with van der Waals surface area (Å²) in [5.41, 5.74) is 0.332. The van der Waals surface area contributed by atoms with Crippen LogP contribution < -0.4 is 0 Å². The fraction of sp³-hybridized carbons (Fsp3) is 0.333. The van der Waals surface area contributed by atoms with Crippen LogP contribution in [0.15, 0.2) is 24.4 Å². The normalized spacial score (nSPS) is 14.7. The van der Waals surface area contributed by atoms with Gasteiger partial charge in [-0.2, -0.15) is 13.2 Å². The number of hydrogen-bond donors (Lipinski definition) is 0. The van der Waals surface area contributed by atoms with Crippen molar-refractivity contribution in [1.29, 1.82) is 0 Å². The van der Waals surface area contributed by atoms with E-state index in [1.54, 1.807) is 18.2 Å². The summed E-state index contributed by atoms with van der Waals surface area (Å²) >= 11 is 6.09. The number of fused-ring (bicyclic) bond motifs is 1. The van der Waals surface area contributed by atoms with E-state index in [1.165, 1.54) is 9.47 Å². The Hall–Kier alpha value is -2.02. The van der Waals surface area contributed by atoms with E-state index in [4.69, 9.17) is 11.6 Å². The van der Waals surface area contributed by atoms with Crippen molar-refractivity contribution in [1.82, 2.24) is 14.5 Å². The smallest absolute Gasteiger partial charge is 0.331 e. The summed E-state index contributed by atoms with van der Waals surface area (Å²) in [6.07, 6.45) is -3.50. The number of carbonyl (C=O) groups excluding carboxylic acids is 1. The van der Waals surface area contributed by atoms with Gasteiger partial charge in [0, 0.05) is 19.3 Å². The Bertz CT molecular complexity index is 770. The fourth-order valence-electron chi connectivity index (χ4n) is 2.53. The third kappa shape index (κ3) is 3.06. The van der Waals surface area contributed by atoms with Gasteiger partial charge in [-0.15, -0.1) is 0 Å². The van der Waals surface area contributed by atoms with E-state index in [0.717, 1.165) is 11.8 Å². The van der Waals surface area contributed by atoms with Crippen molar-refractivity contribution in [2.45, 2.75) is 26.2 Å². The zero-order valence-corrected chi connectivity index (χ0v) is 12.9. The molecule has 1 aromatic carbocycles. The van der Waals surface area contributed by atoms with Gasteiger partial charge in [-0.3, -0.25) is 4.79 Å². The molecule has 0 fully saturated rings. The molecule has 1 amide bonds. The molecular weight excluding hydrogens is 331 g/mol. The second kappa shape index (κ2) is 5.56. The lowest BCUT2D eigenvalue weighted by Crippen LogP contribution is -2.38. The number of aromatic nitrogens is 2. The van der Waals surface area contributed by atoms with Crippen molar-refractivity contribution in [3.8, 4) is 0 Å². The van der Waals surface area contributed by atoms with Gasteiger partial charge in [-0.05, 0) is 24.6 Å². The van der Waals surface area contributed by atoms with Gasteiger partial charge in [0.2, 0.25) is 0 Å². The molecule has 1 aliphatic heterocycles. The molecule has 2 heterocycles. The Morgan fingerprint density at radius 2 is 2.04 bits per heavy atom. The molecule has 122 valence electrons. The van der Waals surface area contributed by atoms with Crippen LogP contribution in [-0.4, -0.2) is 26.9 Å². The first-order chi connectivity index (χ1) is 10.8. The van der Waals surface area contributed by atoms with Gasteiger partial charge < -0.3 is 9.47 Å². The second-order valence-electron chi connectivity index (χ2n) is 5.44. The van der Waals surface area contributed by atoms with Crippen LogP contribution in [-0.2, 0) is 19.3 Å². The number of halogens is 4. The molecule has 3 rings (SSSR count). The molecule has 0 spiro atoms. The molecule has 0 saturated heterocycles. The number of hydrogen-bond acceptors (Lipinski definition) is 2. The molecule has 0 atom stereocenters. The van der Waals surface area contributed by atoms with Gasteiger partial charge in [0.15, 0.2) is 5.69 Å². The van der Waals surface area contributed by atoms with Crippen molar-refractivity contribution in [2.24, 2.45) is 0 Å². The predicted octanol–water partition coefficient (Wildman–Crippen LogP) is 3.52. The van der Waals surface area contributed by atoms with E-state index in [-0.39, 0.29) is 24.8 Å². The summed E-state index contributed by atoms with van der Waals surface area (Å²) in [7, 11) is 0. The number of benzene rings is 1. The van der Waals surface area contributed by atoms with Crippen LogP contribution in [0.2, 0.25) is 5.02 Å². The standard InChI is InChI=1S/C15H13ClF3N3O/c1-9-2-3-10(11(16)6-9)14(23)22-5-4-21-7-12(15(17,18)19)20-13(21)8-22/h2-3,6-7H,4-5,8H2,1H3. The minimum absolute atomic E-state index is 0.0269. The first-order valence-electron chi connectivity index (χ1n) is 6.94. The van der Waals surface area contributed by atoms with Gasteiger partial charge in [0.1, 0.15) is 5.82 Å². The third-order valence-electron chi connectivity index (χ3n) is 3.73. The molecule has 0 bridgehead atoms. The molecule has 0 radical (unpaired) electrons. The van der Waals surface area contributed by atoms with Crippen molar-refractivity contribution >= 4 is 17.5 Å². The van der Waals surface area contributed by atoms with Crippen LogP contribution in [0.25, 0.3) is 0 Å². The zero-order valence-electron chi connectivity index (χ0n) is 12.2. The van der Waals surface area contributed by atoms with Crippen molar-refractivity contribution in [3.05, 3.63) is 52.1 Å². The molecule has 0 N–H and O–H groups in total. The Balaban J connectivity index is 1.84. The Labute approximate surface area is 135 Å². The Kier molecular flexibility index (Phi) is 3.83. The van der Waals surface area contributed by atoms with Crippen LogP contribution in [0.1, 0.15) is 27.4 Å². The minimum Gasteiger partial charge on any atom is -0.331 e. The second-order valence-corrected chi connectivity index (χ2v) is 5.85. The lowest BCUT2D eigenvalue weighted by atomic mass is 10.1. The van der Waals surface area contributed by atoms with Gasteiger partial charge in [-0.1, -0.05) is 17.7 Å². The number of carbonyl (C=O) groups is 1. The molecule has 2 aromatic rings. The quantitative estimate of drug-likeness (QED) is 0.794. The van der Waals surface area contributed by atoms with E-state index in [9.17, 15) is 18.0 Å². The summed E-state index contributed by atoms with van der Waals surface area (Å²) in [5.74, 6) is -0.0852. The predicted molar refractivity (Wildman–Crippen MR) is 78.2 cm³/mol. The van der Waals surface area contributed by atoms with Crippen molar-refractivity contribution in [2.75, 3.05) is 6.54 Å². The molecule has 0 unspecified atom stereocenters. The van der Waals surface area contributed by atoms with E-state index in [1.807, 2.05) is 6.92 Å². The number of aryl methyl sites for hydroxylation is 1. The number of amides is 1. The van der Waals surface area contributed by atoms with Gasteiger partial charge in [-0.25, -0.2) is 4.98 Å². The highest BCUT2D eigenvalue weighted by Gasteiger charge is 2.36. The van der Waals surface area contributed by atoms with E-state index in [2.05, 4.69) is 4.98 Å². The van der Waals surface area contributed by atoms with Crippen molar-refractivity contribution in [3.63, 3.8) is 0 Å². The summed E-state index contributed by atoms with van der Waals surface area (Å²) in [4.78, 5) is 17.6. The fourth-order valence-corrected chi connectivity index (χ4v) is 2.84. The summed E-state index contributed by atoms with van der Waals surface area (Å²) < 4.78 is 39.6. The van der Waals surface area contributed by atoms with Crippen LogP contribution in [0.4, 0.5) is 13.2 Å². The van der Waals surface area contributed by atoms with E-state index < -0.39 is 11.9 Å². The molecule has 8 heteroatoms. The highest BCUT2D eigenvalue weighted by atomic mass is 35.5. The van der Waals surface area contributed by atoms with Crippen LogP contribution >= 0.6 is 11.6 Å². The largest absolute Gasteiger partial charge is 0.434 e. The van der Waals surface area contributed by atoms with Crippen molar-refractivity contribution < 1.29 is 18.0 Å². The van der Waals surface area contributed by atoms with Gasteiger partial charge in [0.05, 0.1) is 17.1 Å². The molecule has 0 saturated carbocycles. The van der Waals surface area contributed by atoms with Gasteiger partial charge >= 0.3 is 6.18 Å². The molecule has 4 nitrogen and oxygen atoms in total. The number of nitrogens with zero attached hydrogens (tertiary/aromatic N) is 3. The SMILES string of the molecule is Cc1ccc(C(=O)N2CCn3cc(C(F)(F)F)nc3C2)c(Cl)c1. The molecule has 23 heavy (non-hydrogen) atoms. The summed E-state index contributed by atoms with van der Waals surface area (Å²) in [5, 5.41) is 0.333. The highest BCUT2D eigenvalue weighted by molar-refractivity contribution is 6.33. The van der Waals surface area contributed by atoms with Crippen LogP contribution in [0.3, 0.4) is 0 Å².